The lowest BCUT2D eigenvalue weighted by Gasteiger charge is -2.09. The Morgan fingerprint density at radius 1 is 1.00 bits per heavy atom. The molecule has 0 amide bonds. The van der Waals surface area contributed by atoms with Crippen LogP contribution in [0.15, 0.2) is 40.6 Å². The van der Waals surface area contributed by atoms with Crippen molar-refractivity contribution in [3.63, 3.8) is 0 Å². The monoisotopic (exact) mass is 411 g/mol. The first-order chi connectivity index (χ1) is 12.4. The lowest BCUT2D eigenvalue weighted by molar-refractivity contribution is 0.0595. The zero-order valence-corrected chi connectivity index (χ0v) is 16.1. The van der Waals surface area contributed by atoms with E-state index >= 15 is 0 Å². The summed E-state index contributed by atoms with van der Waals surface area (Å²) in [6.45, 7) is 0. The van der Waals surface area contributed by atoms with Gasteiger partial charge in [0.1, 0.15) is 14.6 Å². The van der Waals surface area contributed by atoms with Crippen molar-refractivity contribution in [3.05, 3.63) is 45.5 Å². The molecule has 1 aromatic carbocycles. The molecule has 1 N–H and O–H groups in total. The van der Waals surface area contributed by atoms with E-state index in [-0.39, 0.29) is 20.3 Å². The first-order valence-corrected chi connectivity index (χ1v) is 10.4. The van der Waals surface area contributed by atoms with Crippen LogP contribution in [0.25, 0.3) is 10.1 Å². The maximum absolute atomic E-state index is 13.0. The normalized spacial score (nSPS) is 11.3. The zero-order valence-electron chi connectivity index (χ0n) is 13.6. The Bertz CT molecular complexity index is 1100. The predicted octanol–water partition coefficient (Wildman–Crippen LogP) is 3.34. The predicted molar refractivity (Wildman–Crippen MR) is 99.6 cm³/mol. The Morgan fingerprint density at radius 2 is 1.65 bits per heavy atom. The molecule has 3 aromatic rings. The third kappa shape index (κ3) is 3.18. The second-order valence-electron chi connectivity index (χ2n) is 5.01. The molecule has 0 spiro atoms. The number of carbonyl (C=O) groups is 2. The van der Waals surface area contributed by atoms with Gasteiger partial charge >= 0.3 is 11.9 Å². The van der Waals surface area contributed by atoms with Gasteiger partial charge in [0.2, 0.25) is 0 Å². The fourth-order valence-corrected chi connectivity index (χ4v) is 6.07. The van der Waals surface area contributed by atoms with Crippen LogP contribution in [0, 0.1) is 0 Å². The minimum atomic E-state index is -4.16. The molecule has 0 aliphatic heterocycles. The summed E-state index contributed by atoms with van der Waals surface area (Å²) in [5.74, 6) is -1.40. The summed E-state index contributed by atoms with van der Waals surface area (Å²) in [5.41, 5.74) is 0.0907. The van der Waals surface area contributed by atoms with Crippen LogP contribution in [-0.2, 0) is 19.5 Å². The lowest BCUT2D eigenvalue weighted by atomic mass is 10.2. The van der Waals surface area contributed by atoms with E-state index in [0.29, 0.717) is 10.1 Å². The second-order valence-corrected chi connectivity index (χ2v) is 8.60. The summed E-state index contributed by atoms with van der Waals surface area (Å²) in [7, 11) is -1.76. The molecule has 0 fully saturated rings. The Kier molecular flexibility index (Phi) is 4.99. The standard InChI is InChI=1S/C16H13NO6S3/c1-22-15(18)12-10(7-8-24-12)17-26(20,21)14-9-5-3-4-6-11(9)25-13(14)16(19)23-2/h3-8,17H,1-2H3. The molecule has 7 nitrogen and oxygen atoms in total. The van der Waals surface area contributed by atoms with Crippen LogP contribution in [0.3, 0.4) is 0 Å². The topological polar surface area (TPSA) is 98.8 Å². The SMILES string of the molecule is COC(=O)c1sccc1NS(=O)(=O)c1c(C(=O)OC)sc2ccccc12. The molecule has 2 aromatic heterocycles. The molecule has 26 heavy (non-hydrogen) atoms. The molecule has 3 rings (SSSR count). The number of thiophene rings is 2. The van der Waals surface area contributed by atoms with Gasteiger partial charge in [-0.15, -0.1) is 22.7 Å². The van der Waals surface area contributed by atoms with Gasteiger partial charge in [0.15, 0.2) is 0 Å². The van der Waals surface area contributed by atoms with E-state index in [1.54, 1.807) is 29.6 Å². The Morgan fingerprint density at radius 3 is 2.35 bits per heavy atom. The number of nitrogens with one attached hydrogen (secondary N) is 1. The number of hydrogen-bond acceptors (Lipinski definition) is 8. The number of carbonyl (C=O) groups excluding carboxylic acids is 2. The molecule has 0 saturated heterocycles. The van der Waals surface area contributed by atoms with E-state index in [1.807, 2.05) is 0 Å². The molecule has 0 aliphatic carbocycles. The number of methoxy groups -OCH3 is 2. The van der Waals surface area contributed by atoms with Crippen molar-refractivity contribution < 1.29 is 27.5 Å². The number of benzene rings is 1. The summed E-state index contributed by atoms with van der Waals surface area (Å²) in [6, 6.07) is 8.22. The molecule has 0 unspecified atom stereocenters. The third-order valence-corrected chi connectivity index (χ3v) is 7.09. The van der Waals surface area contributed by atoms with Crippen molar-refractivity contribution in [2.24, 2.45) is 0 Å². The molecule has 10 heteroatoms. The molecule has 0 radical (unpaired) electrons. The van der Waals surface area contributed by atoms with Crippen LogP contribution in [0.4, 0.5) is 5.69 Å². The van der Waals surface area contributed by atoms with Crippen molar-refractivity contribution in [1.29, 1.82) is 0 Å². The molecule has 0 saturated carbocycles. The highest BCUT2D eigenvalue weighted by molar-refractivity contribution is 7.93. The highest BCUT2D eigenvalue weighted by Gasteiger charge is 2.30. The summed E-state index contributed by atoms with van der Waals surface area (Å²) in [6.07, 6.45) is 0. The van der Waals surface area contributed by atoms with Gasteiger partial charge in [-0.25, -0.2) is 18.0 Å². The van der Waals surface area contributed by atoms with Gasteiger partial charge in [0.05, 0.1) is 19.9 Å². The molecule has 136 valence electrons. The fourth-order valence-electron chi connectivity index (χ4n) is 2.35. The Balaban J connectivity index is 2.15. The van der Waals surface area contributed by atoms with Crippen molar-refractivity contribution in [3.8, 4) is 0 Å². The number of esters is 2. The molecular weight excluding hydrogens is 398 g/mol. The average Bonchev–Trinajstić information content (AvgIpc) is 3.24. The van der Waals surface area contributed by atoms with Crippen LogP contribution in [0.5, 0.6) is 0 Å². The summed E-state index contributed by atoms with van der Waals surface area (Å²) in [5, 5.41) is 1.97. The number of sulfonamides is 1. The molecular formula is C16H13NO6S3. The first-order valence-electron chi connectivity index (χ1n) is 7.17. The summed E-state index contributed by atoms with van der Waals surface area (Å²) < 4.78 is 38.4. The number of rotatable bonds is 5. The van der Waals surface area contributed by atoms with Crippen molar-refractivity contribution >= 4 is 60.4 Å². The van der Waals surface area contributed by atoms with Crippen LogP contribution in [0.1, 0.15) is 19.3 Å². The van der Waals surface area contributed by atoms with E-state index in [2.05, 4.69) is 9.46 Å². The van der Waals surface area contributed by atoms with Crippen LogP contribution < -0.4 is 4.72 Å². The van der Waals surface area contributed by atoms with Crippen molar-refractivity contribution in [2.75, 3.05) is 18.9 Å². The van der Waals surface area contributed by atoms with Gasteiger partial charge in [0.25, 0.3) is 10.0 Å². The maximum atomic E-state index is 13.0. The van der Waals surface area contributed by atoms with Gasteiger partial charge in [-0.3, -0.25) is 4.72 Å². The van der Waals surface area contributed by atoms with Crippen molar-refractivity contribution in [1.82, 2.24) is 0 Å². The Hall–Kier alpha value is -2.43. The largest absolute Gasteiger partial charge is 0.465 e. The molecule has 2 heterocycles. The van der Waals surface area contributed by atoms with Crippen LogP contribution in [0.2, 0.25) is 0 Å². The average molecular weight is 411 g/mol. The lowest BCUT2D eigenvalue weighted by Crippen LogP contribution is -2.17. The van der Waals surface area contributed by atoms with Crippen LogP contribution >= 0.6 is 22.7 Å². The quantitative estimate of drug-likeness (QED) is 0.647. The van der Waals surface area contributed by atoms with E-state index in [9.17, 15) is 18.0 Å². The number of hydrogen-bond donors (Lipinski definition) is 1. The third-order valence-electron chi connectivity index (χ3n) is 3.47. The number of ether oxygens (including phenoxy) is 2. The fraction of sp³-hybridized carbons (Fsp3) is 0.125. The van der Waals surface area contributed by atoms with E-state index in [1.165, 1.54) is 20.3 Å². The van der Waals surface area contributed by atoms with Crippen molar-refractivity contribution in [2.45, 2.75) is 4.90 Å². The zero-order chi connectivity index (χ0) is 18.9. The Labute approximate surface area is 157 Å². The highest BCUT2D eigenvalue weighted by Crippen LogP contribution is 2.37. The highest BCUT2D eigenvalue weighted by atomic mass is 32.2. The van der Waals surface area contributed by atoms with E-state index < -0.39 is 22.0 Å². The smallest absolute Gasteiger partial charge is 0.350 e. The minimum absolute atomic E-state index is 0.0314. The maximum Gasteiger partial charge on any atom is 0.350 e. The van der Waals surface area contributed by atoms with Gasteiger partial charge in [-0.05, 0) is 17.5 Å². The van der Waals surface area contributed by atoms with E-state index in [0.717, 1.165) is 22.7 Å². The van der Waals surface area contributed by atoms with Gasteiger partial charge in [0, 0.05) is 10.1 Å². The van der Waals surface area contributed by atoms with Crippen LogP contribution in [-0.4, -0.2) is 34.6 Å². The number of fused-ring (bicyclic) bond motifs is 1. The van der Waals surface area contributed by atoms with Gasteiger partial charge in [-0.1, -0.05) is 18.2 Å². The summed E-state index contributed by atoms with van der Waals surface area (Å²) >= 11 is 2.08. The minimum Gasteiger partial charge on any atom is -0.465 e. The van der Waals surface area contributed by atoms with E-state index in [4.69, 9.17) is 4.74 Å². The second kappa shape index (κ2) is 7.06. The van der Waals surface area contributed by atoms with Gasteiger partial charge < -0.3 is 9.47 Å². The first kappa shape index (κ1) is 18.4. The molecule has 0 aliphatic rings. The van der Waals surface area contributed by atoms with Gasteiger partial charge in [-0.2, -0.15) is 0 Å². The molecule has 0 atom stereocenters. The number of anilines is 1. The molecule has 0 bridgehead atoms. The summed E-state index contributed by atoms with van der Waals surface area (Å²) in [4.78, 5) is 23.8.